The number of aliphatic hydroxyl groups is 1. The highest BCUT2D eigenvalue weighted by Crippen LogP contribution is 2.40. The van der Waals surface area contributed by atoms with Crippen LogP contribution in [0, 0.1) is 10.8 Å². The zero-order valence-corrected chi connectivity index (χ0v) is 13.9. The van der Waals surface area contributed by atoms with Crippen LogP contribution in [0.15, 0.2) is 12.4 Å². The molecule has 118 valence electrons. The molecular weight excluding hydrogens is 268 g/mol. The summed E-state index contributed by atoms with van der Waals surface area (Å²) in [5, 5.41) is 13.4. The second-order valence-corrected chi connectivity index (χ2v) is 7.28. The Morgan fingerprint density at radius 2 is 1.81 bits per heavy atom. The Balaban J connectivity index is 3.31. The lowest BCUT2D eigenvalue weighted by molar-refractivity contribution is -0.123. The fourth-order valence-corrected chi connectivity index (χ4v) is 1.72. The third-order valence-corrected chi connectivity index (χ3v) is 3.20. The molecule has 0 saturated carbocycles. The highest BCUT2D eigenvalue weighted by Gasteiger charge is 2.30. The minimum absolute atomic E-state index is 0.144. The molecule has 0 aliphatic rings. The number of aromatic nitrogens is 1. The molecule has 1 aromatic rings. The van der Waals surface area contributed by atoms with E-state index in [4.69, 9.17) is 4.74 Å². The van der Waals surface area contributed by atoms with Gasteiger partial charge in [-0.25, -0.2) is 0 Å². The fourth-order valence-electron chi connectivity index (χ4n) is 1.72. The maximum absolute atomic E-state index is 12.3. The van der Waals surface area contributed by atoms with Gasteiger partial charge in [0.05, 0.1) is 25.1 Å². The first kappa shape index (κ1) is 17.4. The van der Waals surface area contributed by atoms with Gasteiger partial charge in [0.2, 0.25) is 5.91 Å². The summed E-state index contributed by atoms with van der Waals surface area (Å²) in [6.07, 6.45) is 2.32. The number of methoxy groups -OCH3 is 1. The van der Waals surface area contributed by atoms with Gasteiger partial charge >= 0.3 is 0 Å². The van der Waals surface area contributed by atoms with Crippen molar-refractivity contribution in [2.75, 3.05) is 12.4 Å². The van der Waals surface area contributed by atoms with Crippen LogP contribution in [0.1, 0.15) is 53.2 Å². The first-order chi connectivity index (χ1) is 9.48. The van der Waals surface area contributed by atoms with Crippen LogP contribution in [0.3, 0.4) is 0 Å². The van der Waals surface area contributed by atoms with Gasteiger partial charge in [-0.1, -0.05) is 41.5 Å². The van der Waals surface area contributed by atoms with Crippen LogP contribution in [-0.2, 0) is 4.79 Å². The molecule has 1 rings (SSSR count). The number of hydrogen-bond donors (Lipinski definition) is 2. The molecule has 1 atom stereocenters. The molecule has 0 aliphatic heterocycles. The van der Waals surface area contributed by atoms with E-state index in [-0.39, 0.29) is 11.3 Å². The first-order valence-electron chi connectivity index (χ1n) is 7.00. The number of carbonyl (C=O) groups is 1. The quantitative estimate of drug-likeness (QED) is 0.898. The maximum Gasteiger partial charge on any atom is 0.229 e. The van der Waals surface area contributed by atoms with Gasteiger partial charge in [-0.05, 0) is 5.41 Å². The lowest BCUT2D eigenvalue weighted by Crippen LogP contribution is -2.29. The minimum Gasteiger partial charge on any atom is -0.493 e. The normalized spacial score (nSPS) is 13.7. The molecular formula is C16H26N2O3. The number of nitrogens with one attached hydrogen (secondary N) is 1. The fraction of sp³-hybridized carbons (Fsp3) is 0.625. The van der Waals surface area contributed by atoms with Gasteiger partial charge in [0, 0.05) is 17.2 Å². The van der Waals surface area contributed by atoms with Crippen LogP contribution < -0.4 is 10.1 Å². The Morgan fingerprint density at radius 1 is 1.24 bits per heavy atom. The predicted octanol–water partition coefficient (Wildman–Crippen LogP) is 3.15. The van der Waals surface area contributed by atoms with E-state index in [0.717, 1.165) is 0 Å². The lowest BCUT2D eigenvalue weighted by Gasteiger charge is -2.29. The molecule has 0 radical (unpaired) electrons. The maximum atomic E-state index is 12.3. The van der Waals surface area contributed by atoms with E-state index in [1.54, 1.807) is 6.20 Å². The number of nitrogens with zero attached hydrogens (tertiary/aromatic N) is 1. The molecule has 21 heavy (non-hydrogen) atoms. The van der Waals surface area contributed by atoms with Gasteiger partial charge in [-0.2, -0.15) is 0 Å². The number of hydrogen-bond acceptors (Lipinski definition) is 4. The Hall–Kier alpha value is -1.62. The Kier molecular flexibility index (Phi) is 4.99. The van der Waals surface area contributed by atoms with Gasteiger partial charge in [-0.3, -0.25) is 9.78 Å². The van der Waals surface area contributed by atoms with Gasteiger partial charge in [-0.15, -0.1) is 0 Å². The molecule has 1 heterocycles. The summed E-state index contributed by atoms with van der Waals surface area (Å²) in [6, 6.07) is 0. The molecule has 0 saturated heterocycles. The van der Waals surface area contributed by atoms with Crippen LogP contribution in [0.25, 0.3) is 0 Å². The summed E-state index contributed by atoms with van der Waals surface area (Å²) in [7, 11) is 1.51. The van der Waals surface area contributed by atoms with Crippen LogP contribution >= 0.6 is 0 Å². The largest absolute Gasteiger partial charge is 0.493 e. The van der Waals surface area contributed by atoms with Crippen LogP contribution in [0.4, 0.5) is 5.69 Å². The summed E-state index contributed by atoms with van der Waals surface area (Å²) in [5.41, 5.74) is 0.113. The topological polar surface area (TPSA) is 71.5 Å². The van der Waals surface area contributed by atoms with Gasteiger partial charge in [0.1, 0.15) is 0 Å². The molecule has 1 unspecified atom stereocenters. The van der Waals surface area contributed by atoms with Crippen molar-refractivity contribution >= 4 is 11.6 Å². The van der Waals surface area contributed by atoms with E-state index in [9.17, 15) is 9.90 Å². The second kappa shape index (κ2) is 6.02. The third kappa shape index (κ3) is 4.17. The second-order valence-electron chi connectivity index (χ2n) is 7.28. The number of carbonyl (C=O) groups excluding carboxylic acids is 1. The van der Waals surface area contributed by atoms with E-state index >= 15 is 0 Å². The summed E-state index contributed by atoms with van der Waals surface area (Å²) >= 11 is 0. The molecule has 5 heteroatoms. The van der Waals surface area contributed by atoms with Crippen molar-refractivity contribution < 1.29 is 14.6 Å². The van der Waals surface area contributed by atoms with E-state index in [0.29, 0.717) is 17.0 Å². The molecule has 0 bridgehead atoms. The van der Waals surface area contributed by atoms with Crippen molar-refractivity contribution in [3.63, 3.8) is 0 Å². The van der Waals surface area contributed by atoms with Gasteiger partial charge in [0.15, 0.2) is 5.75 Å². The minimum atomic E-state index is -0.768. The van der Waals surface area contributed by atoms with Crippen LogP contribution in [-0.4, -0.2) is 23.1 Å². The molecule has 0 fully saturated rings. The van der Waals surface area contributed by atoms with Crippen molar-refractivity contribution in [1.29, 1.82) is 0 Å². The Bertz CT molecular complexity index is 513. The van der Waals surface area contributed by atoms with E-state index in [1.165, 1.54) is 13.3 Å². The summed E-state index contributed by atoms with van der Waals surface area (Å²) < 4.78 is 5.27. The van der Waals surface area contributed by atoms with Crippen molar-refractivity contribution in [3.8, 4) is 5.75 Å². The molecule has 1 aromatic heterocycles. The number of rotatable bonds is 3. The average molecular weight is 294 g/mol. The summed E-state index contributed by atoms with van der Waals surface area (Å²) in [6.45, 7) is 11.3. The number of aliphatic hydroxyl groups excluding tert-OH is 1. The number of anilines is 1. The van der Waals surface area contributed by atoms with Crippen LogP contribution in [0.2, 0.25) is 0 Å². The average Bonchev–Trinajstić information content (AvgIpc) is 2.35. The zero-order valence-electron chi connectivity index (χ0n) is 13.9. The first-order valence-corrected chi connectivity index (χ1v) is 7.00. The van der Waals surface area contributed by atoms with Gasteiger partial charge in [0.25, 0.3) is 0 Å². The summed E-state index contributed by atoms with van der Waals surface area (Å²) in [5.74, 6) is 0.294. The molecule has 5 nitrogen and oxygen atoms in total. The number of pyridine rings is 1. The van der Waals surface area contributed by atoms with Gasteiger partial charge < -0.3 is 15.2 Å². The SMILES string of the molecule is COc1cncc(C(O)C(C)(C)C)c1NC(=O)C(C)(C)C. The standard InChI is InChI=1S/C16H26N2O3/c1-15(2,3)13(19)10-8-17-9-11(21-7)12(10)18-14(20)16(4,5)6/h8-9,13,19H,1-7H3,(H,17,18,20). The predicted molar refractivity (Wildman–Crippen MR) is 83.3 cm³/mol. The Labute approximate surface area is 126 Å². The molecule has 1 amide bonds. The highest BCUT2D eigenvalue weighted by molar-refractivity contribution is 5.96. The van der Waals surface area contributed by atoms with E-state index in [2.05, 4.69) is 10.3 Å². The van der Waals surface area contributed by atoms with Crippen LogP contribution in [0.5, 0.6) is 5.75 Å². The highest BCUT2D eigenvalue weighted by atomic mass is 16.5. The third-order valence-electron chi connectivity index (χ3n) is 3.20. The number of amides is 1. The number of ether oxygens (including phenoxy) is 1. The van der Waals surface area contributed by atoms with E-state index < -0.39 is 11.5 Å². The molecule has 0 aliphatic carbocycles. The van der Waals surface area contributed by atoms with Crippen molar-refractivity contribution in [3.05, 3.63) is 18.0 Å². The van der Waals surface area contributed by atoms with Crippen molar-refractivity contribution in [1.82, 2.24) is 4.98 Å². The van der Waals surface area contributed by atoms with Crippen molar-refractivity contribution in [2.24, 2.45) is 10.8 Å². The Morgan fingerprint density at radius 3 is 2.24 bits per heavy atom. The van der Waals surface area contributed by atoms with Crippen molar-refractivity contribution in [2.45, 2.75) is 47.6 Å². The smallest absolute Gasteiger partial charge is 0.229 e. The molecule has 0 spiro atoms. The molecule has 0 aromatic carbocycles. The molecule has 2 N–H and O–H groups in total. The zero-order chi connectivity index (χ0) is 16.4. The van der Waals surface area contributed by atoms with E-state index in [1.807, 2.05) is 41.5 Å². The lowest BCUT2D eigenvalue weighted by atomic mass is 9.84. The monoisotopic (exact) mass is 294 g/mol. The summed E-state index contributed by atoms with van der Waals surface area (Å²) in [4.78, 5) is 16.3.